The fraction of sp³-hybridized carbons (Fsp3) is 0.348. The van der Waals surface area contributed by atoms with E-state index < -0.39 is 17.9 Å². The third-order valence-corrected chi connectivity index (χ3v) is 19.7. The van der Waals surface area contributed by atoms with Crippen molar-refractivity contribution in [3.8, 4) is 0 Å². The Bertz CT molecular complexity index is 3980. The fourth-order valence-corrected chi connectivity index (χ4v) is 15.1. The second-order valence-electron chi connectivity index (χ2n) is 22.6. The van der Waals surface area contributed by atoms with Crippen molar-refractivity contribution in [3.05, 3.63) is 175 Å². The van der Waals surface area contributed by atoms with Crippen LogP contribution in [-0.2, 0) is 33.6 Å². The number of amidine groups is 2. The normalized spacial score (nSPS) is 16.0. The van der Waals surface area contributed by atoms with Crippen LogP contribution in [0.25, 0.3) is 60.5 Å². The molecule has 88 heavy (non-hydrogen) atoms. The third kappa shape index (κ3) is 16.0. The van der Waals surface area contributed by atoms with Gasteiger partial charge in [0.25, 0.3) is 0 Å². The lowest BCUT2D eigenvalue weighted by Gasteiger charge is -2.29. The Labute approximate surface area is 522 Å². The Morgan fingerprint density at radius 2 is 0.795 bits per heavy atom. The fourth-order valence-electron chi connectivity index (χ4n) is 12.0. The quantitative estimate of drug-likeness (QED) is 0.130. The van der Waals surface area contributed by atoms with Crippen LogP contribution in [0.1, 0.15) is 80.9 Å². The summed E-state index contributed by atoms with van der Waals surface area (Å²) in [6, 6.07) is 37.8. The molecule has 3 N–H and O–H groups in total. The number of carbonyl (C=O) groups is 3. The topological polar surface area (TPSA) is 220 Å². The lowest BCUT2D eigenvalue weighted by Crippen LogP contribution is -2.54. The average Bonchev–Trinajstić information content (AvgIpc) is 3.37. The summed E-state index contributed by atoms with van der Waals surface area (Å²) in [6.07, 6.45) is 12.9. The van der Waals surface area contributed by atoms with Gasteiger partial charge in [0.05, 0.1) is 78.9 Å². The van der Waals surface area contributed by atoms with E-state index >= 15 is 0 Å². The molecular formula is C69H73N7O9S3. The first-order chi connectivity index (χ1) is 42.8. The zero-order valence-electron chi connectivity index (χ0n) is 49.6. The number of carbonyl (C=O) groups excluding carboxylic acids is 3. The highest BCUT2D eigenvalue weighted by Gasteiger charge is 2.28. The number of hydrogen-bond donors (Lipinski definition) is 3. The van der Waals surface area contributed by atoms with E-state index in [1.165, 1.54) is 175 Å². The van der Waals surface area contributed by atoms with E-state index in [1.807, 2.05) is 54.6 Å². The van der Waals surface area contributed by atoms with Gasteiger partial charge in [-0.05, 0) is 115 Å². The number of nitrogens with one attached hydrogen (secondary N) is 3. The lowest BCUT2D eigenvalue weighted by molar-refractivity contribution is -0.534. The van der Waals surface area contributed by atoms with Gasteiger partial charge >= 0.3 is 5.96 Å². The van der Waals surface area contributed by atoms with Crippen LogP contribution in [0.15, 0.2) is 142 Å². The SMILES string of the molecule is C1CCC2=[N+](CC1)CCCN2.C1CNC2=[N+](C1)CCC2.C[N+]1=C2NCCCN2CCC1.O=C([O-])Cc1ccc2sc3ccccc3c(=O)c2c1.O=C([O-])Cc1ccc2sc3ccccc3c(=O)c2c1.O=C([O-])Cc1ccc2sc3ccccc3c(=O)c2c1. The highest BCUT2D eigenvalue weighted by atomic mass is 32.1. The molecule has 0 spiro atoms. The Balaban J connectivity index is 0.000000119. The predicted molar refractivity (Wildman–Crippen MR) is 351 cm³/mol. The zero-order valence-corrected chi connectivity index (χ0v) is 52.0. The maximum Gasteiger partial charge on any atom is 0.347 e. The van der Waals surface area contributed by atoms with Crippen LogP contribution in [0.2, 0.25) is 0 Å². The number of guanidine groups is 1. The maximum absolute atomic E-state index is 12.4. The molecule has 456 valence electrons. The Hall–Kier alpha value is -8.39. The van der Waals surface area contributed by atoms with Crippen LogP contribution >= 0.6 is 34.0 Å². The van der Waals surface area contributed by atoms with E-state index in [9.17, 15) is 44.1 Å². The van der Waals surface area contributed by atoms with Crippen LogP contribution in [-0.4, -0.2) is 127 Å². The number of hydrogen-bond acceptors (Lipinski definition) is 16. The molecule has 0 radical (unpaired) electrons. The second kappa shape index (κ2) is 30.0. The molecule has 19 heteroatoms. The molecule has 0 bridgehead atoms. The Morgan fingerprint density at radius 3 is 1.23 bits per heavy atom. The van der Waals surface area contributed by atoms with E-state index in [0.29, 0.717) is 49.0 Å². The highest BCUT2D eigenvalue weighted by molar-refractivity contribution is 7.25. The first-order valence-electron chi connectivity index (χ1n) is 30.5. The van der Waals surface area contributed by atoms with Gasteiger partial charge in [-0.3, -0.25) is 49.0 Å². The van der Waals surface area contributed by atoms with Crippen LogP contribution < -0.4 is 47.6 Å². The average molecular weight is 1240 g/mol. The zero-order chi connectivity index (χ0) is 61.5. The molecule has 6 aliphatic rings. The Morgan fingerprint density at radius 1 is 0.420 bits per heavy atom. The molecule has 9 heterocycles. The molecule has 9 aromatic rings. The van der Waals surface area contributed by atoms with Crippen molar-refractivity contribution >= 4 is 130 Å². The van der Waals surface area contributed by atoms with Crippen molar-refractivity contribution in [2.24, 2.45) is 0 Å². The molecule has 6 aliphatic heterocycles. The summed E-state index contributed by atoms with van der Waals surface area (Å²) in [4.78, 5) is 71.4. The van der Waals surface area contributed by atoms with Gasteiger partial charge in [-0.25, -0.2) is 0 Å². The van der Waals surface area contributed by atoms with E-state index in [2.05, 4.69) is 41.6 Å². The molecule has 3 aromatic heterocycles. The summed E-state index contributed by atoms with van der Waals surface area (Å²) in [5.41, 5.74) is 1.62. The molecule has 0 unspecified atom stereocenters. The van der Waals surface area contributed by atoms with Crippen molar-refractivity contribution in [1.29, 1.82) is 0 Å². The minimum Gasteiger partial charge on any atom is -0.550 e. The molecule has 0 saturated carbocycles. The smallest absolute Gasteiger partial charge is 0.347 e. The summed E-state index contributed by atoms with van der Waals surface area (Å²) in [5.74, 6) is 0.946. The number of carboxylic acids is 3. The Kier molecular flexibility index (Phi) is 21.4. The summed E-state index contributed by atoms with van der Waals surface area (Å²) in [6.45, 7) is 12.4. The van der Waals surface area contributed by atoms with Crippen LogP contribution in [0.4, 0.5) is 0 Å². The van der Waals surface area contributed by atoms with Gasteiger partial charge in [-0.2, -0.15) is 0 Å². The molecule has 15 rings (SSSR count). The van der Waals surface area contributed by atoms with Gasteiger partial charge in [0.2, 0.25) is 11.7 Å². The van der Waals surface area contributed by atoms with Gasteiger partial charge in [-0.15, -0.1) is 34.0 Å². The van der Waals surface area contributed by atoms with Crippen molar-refractivity contribution in [2.75, 3.05) is 72.5 Å². The summed E-state index contributed by atoms with van der Waals surface area (Å²) < 4.78 is 12.7. The maximum atomic E-state index is 12.4. The molecular weight excluding hydrogens is 1170 g/mol. The monoisotopic (exact) mass is 1240 g/mol. The van der Waals surface area contributed by atoms with Gasteiger partial charge in [-0.1, -0.05) is 54.6 Å². The molecule has 1 saturated heterocycles. The largest absolute Gasteiger partial charge is 0.550 e. The number of benzene rings is 6. The molecule has 16 nitrogen and oxygen atoms in total. The predicted octanol–water partition coefficient (Wildman–Crippen LogP) is 5.95. The number of carboxylic acid groups (broad SMARTS) is 3. The lowest BCUT2D eigenvalue weighted by atomic mass is 10.1. The van der Waals surface area contributed by atoms with E-state index in [4.69, 9.17) is 0 Å². The van der Waals surface area contributed by atoms with Crippen molar-refractivity contribution in [3.63, 3.8) is 0 Å². The number of nitrogens with zero attached hydrogens (tertiary/aromatic N) is 4. The summed E-state index contributed by atoms with van der Waals surface area (Å²) in [7, 11) is 2.17. The first-order valence-corrected chi connectivity index (χ1v) is 32.9. The van der Waals surface area contributed by atoms with Gasteiger partial charge in [0.1, 0.15) is 0 Å². The van der Waals surface area contributed by atoms with Gasteiger partial charge in [0.15, 0.2) is 16.3 Å². The summed E-state index contributed by atoms with van der Waals surface area (Å²) >= 11 is 4.59. The summed E-state index contributed by atoms with van der Waals surface area (Å²) in [5, 5.41) is 45.9. The van der Waals surface area contributed by atoms with Crippen molar-refractivity contribution in [2.45, 2.75) is 83.5 Å². The minimum atomic E-state index is -1.14. The van der Waals surface area contributed by atoms with Gasteiger partial charge < -0.3 is 29.7 Å². The standard InChI is InChI=1S/3C15H10O3S.C9H16N2.C8H15N3.C7H12N2/c3*16-14(17)8-9-5-6-13-11(7-9)15(18)10-3-1-2-4-12(10)19-13;1-2-5-9-10-6-4-8-11(9)7-3-1;1-10-5-3-7-11-6-2-4-9-8(10)11;1-3-7-8-4-2-6-9(7)5-1/h3*1-7H,8H2,(H,16,17);1-8H2;2-7H2,1H3;1-6H2. The van der Waals surface area contributed by atoms with Crippen LogP contribution in [0.5, 0.6) is 0 Å². The van der Waals surface area contributed by atoms with Crippen molar-refractivity contribution in [1.82, 2.24) is 20.9 Å². The van der Waals surface area contributed by atoms with E-state index in [-0.39, 0.29) is 35.5 Å². The first kappa shape index (κ1) is 62.7. The highest BCUT2D eigenvalue weighted by Crippen LogP contribution is 2.28. The molecule has 1 fully saturated rings. The van der Waals surface area contributed by atoms with Crippen LogP contribution in [0, 0.1) is 0 Å². The van der Waals surface area contributed by atoms with E-state index in [1.54, 1.807) is 72.8 Å². The number of fused-ring (bicyclic) bond motifs is 7. The number of aliphatic carboxylic acids is 3. The third-order valence-electron chi connectivity index (χ3n) is 16.3. The minimum absolute atomic E-state index is 0.0513. The number of rotatable bonds is 6. The van der Waals surface area contributed by atoms with Crippen molar-refractivity contribution < 1.29 is 43.4 Å². The molecule has 0 amide bonds. The second-order valence-corrected chi connectivity index (χ2v) is 25.9. The molecule has 0 aliphatic carbocycles. The molecule has 6 aromatic carbocycles. The van der Waals surface area contributed by atoms with E-state index in [0.717, 1.165) is 34.7 Å². The van der Waals surface area contributed by atoms with Gasteiger partial charge in [0, 0.05) is 130 Å². The van der Waals surface area contributed by atoms with Crippen LogP contribution in [0.3, 0.4) is 0 Å². The molecule has 0 atom stereocenters.